The number of nitrogens with zero attached hydrogens (tertiary/aromatic N) is 1. The number of carbonyl (C=O) groups is 2. The fraction of sp³-hybridized carbons (Fsp3) is 0.875. The van der Waals surface area contributed by atoms with E-state index in [4.69, 9.17) is 0 Å². The van der Waals surface area contributed by atoms with Crippen LogP contribution in [0.15, 0.2) is 0 Å². The third kappa shape index (κ3) is 4.11. The Morgan fingerprint density at radius 2 is 1.90 bits per heavy atom. The monoisotopic (exact) mass is 298 g/mol. The molecular formula is C16H30N2O3. The number of piperidine rings is 1. The van der Waals surface area contributed by atoms with Crippen LogP contribution in [0.2, 0.25) is 0 Å². The van der Waals surface area contributed by atoms with Gasteiger partial charge in [-0.25, -0.2) is 4.79 Å². The Kier molecular flexibility index (Phi) is 6.05. The summed E-state index contributed by atoms with van der Waals surface area (Å²) in [4.78, 5) is 25.8. The molecule has 0 aromatic carbocycles. The quantitative estimate of drug-likeness (QED) is 0.791. The standard InChI is InChI=1S/C16H30N2O3/c1-5-9-16(13(19)20)10-8-11-18(12-16)14(21)17-15(4,6-2)7-3/h5-12H2,1-4H3,(H,17,21)(H,19,20). The predicted molar refractivity (Wildman–Crippen MR) is 83.3 cm³/mol. The average Bonchev–Trinajstić information content (AvgIpc) is 2.47. The van der Waals surface area contributed by atoms with E-state index in [1.807, 2.05) is 13.8 Å². The van der Waals surface area contributed by atoms with Gasteiger partial charge in [0.25, 0.3) is 0 Å². The van der Waals surface area contributed by atoms with Crippen LogP contribution >= 0.6 is 0 Å². The zero-order valence-electron chi connectivity index (χ0n) is 13.9. The normalized spacial score (nSPS) is 23.0. The van der Waals surface area contributed by atoms with Crippen LogP contribution in [0.1, 0.15) is 66.2 Å². The number of carbonyl (C=O) groups excluding carboxylic acids is 1. The summed E-state index contributed by atoms with van der Waals surface area (Å²) < 4.78 is 0. The smallest absolute Gasteiger partial charge is 0.317 e. The Hall–Kier alpha value is -1.26. The molecule has 21 heavy (non-hydrogen) atoms. The topological polar surface area (TPSA) is 69.6 Å². The number of carboxylic acids is 1. The summed E-state index contributed by atoms with van der Waals surface area (Å²) in [5.41, 5.74) is -0.982. The van der Waals surface area contributed by atoms with Crippen molar-refractivity contribution in [2.24, 2.45) is 5.41 Å². The Balaban J connectivity index is 2.79. The third-order valence-corrected chi connectivity index (χ3v) is 5.02. The van der Waals surface area contributed by atoms with E-state index >= 15 is 0 Å². The van der Waals surface area contributed by atoms with Crippen LogP contribution in [0.25, 0.3) is 0 Å². The molecule has 5 nitrogen and oxygen atoms in total. The third-order valence-electron chi connectivity index (χ3n) is 5.02. The molecule has 0 aliphatic carbocycles. The van der Waals surface area contributed by atoms with Crippen molar-refractivity contribution in [1.29, 1.82) is 0 Å². The lowest BCUT2D eigenvalue weighted by molar-refractivity contribution is -0.152. The highest BCUT2D eigenvalue weighted by atomic mass is 16.4. The minimum absolute atomic E-state index is 0.123. The van der Waals surface area contributed by atoms with Crippen molar-refractivity contribution in [1.82, 2.24) is 10.2 Å². The number of amides is 2. The average molecular weight is 298 g/mol. The van der Waals surface area contributed by atoms with Crippen molar-refractivity contribution in [3.8, 4) is 0 Å². The maximum absolute atomic E-state index is 12.5. The van der Waals surface area contributed by atoms with E-state index in [1.54, 1.807) is 4.90 Å². The molecule has 1 rings (SSSR count). The van der Waals surface area contributed by atoms with Gasteiger partial charge in [0.05, 0.1) is 5.41 Å². The molecule has 122 valence electrons. The highest BCUT2D eigenvalue weighted by Crippen LogP contribution is 2.35. The fourth-order valence-corrected chi connectivity index (χ4v) is 3.03. The predicted octanol–water partition coefficient (Wildman–Crippen LogP) is 3.24. The molecule has 0 bridgehead atoms. The molecular weight excluding hydrogens is 268 g/mol. The number of rotatable bonds is 6. The number of nitrogens with one attached hydrogen (secondary N) is 1. The van der Waals surface area contributed by atoms with Gasteiger partial charge in [-0.2, -0.15) is 0 Å². The van der Waals surface area contributed by atoms with Crippen LogP contribution in [0, 0.1) is 5.41 Å². The van der Waals surface area contributed by atoms with Gasteiger partial charge in [-0.3, -0.25) is 4.79 Å². The van der Waals surface area contributed by atoms with E-state index in [0.717, 1.165) is 25.7 Å². The minimum Gasteiger partial charge on any atom is -0.481 e. The van der Waals surface area contributed by atoms with Crippen LogP contribution in [0.5, 0.6) is 0 Å². The number of aliphatic carboxylic acids is 1. The second kappa shape index (κ2) is 7.14. The lowest BCUT2D eigenvalue weighted by atomic mass is 9.76. The minimum atomic E-state index is -0.768. The molecule has 2 amide bonds. The van der Waals surface area contributed by atoms with Gasteiger partial charge in [0.15, 0.2) is 0 Å². The number of carboxylic acid groups (broad SMARTS) is 1. The van der Waals surface area contributed by atoms with Crippen molar-refractivity contribution in [2.75, 3.05) is 13.1 Å². The molecule has 1 saturated heterocycles. The van der Waals surface area contributed by atoms with Crippen LogP contribution in [-0.4, -0.2) is 40.6 Å². The van der Waals surface area contributed by atoms with Gasteiger partial charge in [-0.1, -0.05) is 27.2 Å². The van der Waals surface area contributed by atoms with E-state index in [1.165, 1.54) is 0 Å². The van der Waals surface area contributed by atoms with Crippen LogP contribution in [0.3, 0.4) is 0 Å². The summed E-state index contributed by atoms with van der Waals surface area (Å²) in [7, 11) is 0. The van der Waals surface area contributed by atoms with Gasteiger partial charge in [0.2, 0.25) is 0 Å². The zero-order chi connectivity index (χ0) is 16.1. The van der Waals surface area contributed by atoms with Gasteiger partial charge < -0.3 is 15.3 Å². The summed E-state index contributed by atoms with van der Waals surface area (Å²) in [5.74, 6) is -0.768. The van der Waals surface area contributed by atoms with E-state index < -0.39 is 11.4 Å². The molecule has 1 unspecified atom stereocenters. The molecule has 2 N–H and O–H groups in total. The fourth-order valence-electron chi connectivity index (χ4n) is 3.03. The first-order valence-corrected chi connectivity index (χ1v) is 8.13. The summed E-state index contributed by atoms with van der Waals surface area (Å²) in [6, 6.07) is -0.123. The second-order valence-electron chi connectivity index (χ2n) is 6.56. The highest BCUT2D eigenvalue weighted by molar-refractivity contribution is 5.79. The molecule has 0 saturated carbocycles. The zero-order valence-corrected chi connectivity index (χ0v) is 13.9. The van der Waals surface area contributed by atoms with Gasteiger partial charge in [-0.15, -0.1) is 0 Å². The molecule has 0 radical (unpaired) electrons. The summed E-state index contributed by atoms with van der Waals surface area (Å²) >= 11 is 0. The van der Waals surface area contributed by atoms with Gasteiger partial charge in [-0.05, 0) is 39.0 Å². The first kappa shape index (κ1) is 17.8. The SMILES string of the molecule is CCCC1(C(=O)O)CCCN(C(=O)NC(C)(CC)CC)C1. The maximum atomic E-state index is 12.5. The number of hydrogen-bond acceptors (Lipinski definition) is 2. The van der Waals surface area contributed by atoms with Crippen LogP contribution < -0.4 is 5.32 Å². The van der Waals surface area contributed by atoms with Crippen LogP contribution in [-0.2, 0) is 4.79 Å². The number of likely N-dealkylation sites (tertiary alicyclic amines) is 1. The van der Waals surface area contributed by atoms with Crippen molar-refractivity contribution in [3.63, 3.8) is 0 Å². The van der Waals surface area contributed by atoms with Gasteiger partial charge in [0, 0.05) is 18.6 Å². The van der Waals surface area contributed by atoms with Gasteiger partial charge in [0.1, 0.15) is 0 Å². The lowest BCUT2D eigenvalue weighted by Gasteiger charge is -2.41. The van der Waals surface area contributed by atoms with E-state index in [2.05, 4.69) is 19.2 Å². The van der Waals surface area contributed by atoms with Crippen LogP contribution in [0.4, 0.5) is 4.79 Å². The van der Waals surface area contributed by atoms with Gasteiger partial charge >= 0.3 is 12.0 Å². The molecule has 0 spiro atoms. The molecule has 1 fully saturated rings. The van der Waals surface area contributed by atoms with Crippen molar-refractivity contribution >= 4 is 12.0 Å². The maximum Gasteiger partial charge on any atom is 0.317 e. The van der Waals surface area contributed by atoms with Crippen molar-refractivity contribution in [2.45, 2.75) is 71.8 Å². The Morgan fingerprint density at radius 1 is 1.29 bits per heavy atom. The Morgan fingerprint density at radius 3 is 2.38 bits per heavy atom. The summed E-state index contributed by atoms with van der Waals surface area (Å²) in [6.07, 6.45) is 4.60. The van der Waals surface area contributed by atoms with Crippen molar-refractivity contribution < 1.29 is 14.7 Å². The number of hydrogen-bond donors (Lipinski definition) is 2. The Labute approximate surface area is 128 Å². The highest BCUT2D eigenvalue weighted by Gasteiger charge is 2.43. The lowest BCUT2D eigenvalue weighted by Crippen LogP contribution is -2.56. The summed E-state index contributed by atoms with van der Waals surface area (Å²) in [5, 5.41) is 12.7. The molecule has 5 heteroatoms. The molecule has 1 atom stereocenters. The number of urea groups is 1. The van der Waals surface area contributed by atoms with E-state index in [0.29, 0.717) is 25.9 Å². The van der Waals surface area contributed by atoms with E-state index in [9.17, 15) is 14.7 Å². The molecule has 1 aliphatic heterocycles. The van der Waals surface area contributed by atoms with E-state index in [-0.39, 0.29) is 11.6 Å². The molecule has 0 aromatic rings. The largest absolute Gasteiger partial charge is 0.481 e. The van der Waals surface area contributed by atoms with Crippen molar-refractivity contribution in [3.05, 3.63) is 0 Å². The Bertz CT molecular complexity index is 376. The second-order valence-corrected chi connectivity index (χ2v) is 6.56. The summed E-state index contributed by atoms with van der Waals surface area (Å²) in [6.45, 7) is 9.11. The molecule has 1 heterocycles. The molecule has 1 aliphatic rings. The first-order valence-electron chi connectivity index (χ1n) is 8.13. The first-order chi connectivity index (χ1) is 9.82. The molecule has 0 aromatic heterocycles.